The quantitative estimate of drug-likeness (QED) is 0.671. The van der Waals surface area contributed by atoms with Gasteiger partial charge in [0.15, 0.2) is 0 Å². The summed E-state index contributed by atoms with van der Waals surface area (Å²) in [5, 5.41) is 12.7. The Balaban J connectivity index is 1.65. The Morgan fingerprint density at radius 3 is 2.62 bits per heavy atom. The molecule has 2 bridgehead atoms. The van der Waals surface area contributed by atoms with Gasteiger partial charge in [-0.05, 0) is 68.6 Å². The van der Waals surface area contributed by atoms with E-state index in [4.69, 9.17) is 0 Å². The maximum atomic E-state index is 13.4. The van der Waals surface area contributed by atoms with Crippen molar-refractivity contribution in [1.82, 2.24) is 9.47 Å². The third-order valence-electron chi connectivity index (χ3n) is 7.07. The van der Waals surface area contributed by atoms with Crippen LogP contribution >= 0.6 is 0 Å². The van der Waals surface area contributed by atoms with Crippen molar-refractivity contribution in [3.8, 4) is 0 Å². The summed E-state index contributed by atoms with van der Waals surface area (Å²) in [6.45, 7) is 7.80. The molecule has 2 aliphatic rings. The number of aromatic nitrogens is 1. The van der Waals surface area contributed by atoms with Gasteiger partial charge in [-0.1, -0.05) is 30.7 Å². The van der Waals surface area contributed by atoms with Gasteiger partial charge in [-0.3, -0.25) is 4.90 Å². The fraction of sp³-hybridized carbons (Fsp3) is 0.440. The molecular weight excluding hydrogens is 363 g/mol. The second kappa shape index (κ2) is 6.68. The van der Waals surface area contributed by atoms with Crippen molar-refractivity contribution in [2.45, 2.75) is 64.3 Å². The lowest BCUT2D eigenvalue weighted by Crippen LogP contribution is -2.38. The van der Waals surface area contributed by atoms with E-state index >= 15 is 0 Å². The first kappa shape index (κ1) is 18.8. The average Bonchev–Trinajstić information content (AvgIpc) is 3.14. The second-order valence-corrected chi connectivity index (χ2v) is 9.03. The predicted octanol–water partition coefficient (Wildman–Crippen LogP) is 5.08. The molecule has 0 aliphatic carbocycles. The van der Waals surface area contributed by atoms with Crippen molar-refractivity contribution in [1.29, 1.82) is 0 Å². The highest BCUT2D eigenvalue weighted by molar-refractivity contribution is 5.87. The molecule has 152 valence electrons. The number of aliphatic hydroxyl groups is 1. The summed E-state index contributed by atoms with van der Waals surface area (Å²) in [5.74, 6) is -0.278. The van der Waals surface area contributed by atoms with Crippen LogP contribution in [0.1, 0.15) is 55.1 Å². The summed E-state index contributed by atoms with van der Waals surface area (Å²) in [7, 11) is 0. The number of hydrogen-bond acceptors (Lipinski definition) is 2. The molecule has 2 aromatic carbocycles. The largest absolute Gasteiger partial charge is 0.384 e. The van der Waals surface area contributed by atoms with Gasteiger partial charge in [0.05, 0.1) is 6.54 Å². The third-order valence-corrected chi connectivity index (χ3v) is 7.07. The van der Waals surface area contributed by atoms with Crippen molar-refractivity contribution < 1.29 is 9.50 Å². The van der Waals surface area contributed by atoms with Gasteiger partial charge in [0.1, 0.15) is 11.4 Å². The Kier molecular flexibility index (Phi) is 4.34. The first-order valence-corrected chi connectivity index (χ1v) is 10.7. The Labute approximate surface area is 171 Å². The molecule has 3 unspecified atom stereocenters. The number of aryl methyl sites for hydroxylation is 1. The van der Waals surface area contributed by atoms with E-state index in [1.807, 2.05) is 6.92 Å². The van der Waals surface area contributed by atoms with Crippen LogP contribution in [0, 0.1) is 12.7 Å². The number of halogens is 1. The average molecular weight is 393 g/mol. The molecule has 4 heteroatoms. The summed E-state index contributed by atoms with van der Waals surface area (Å²) < 4.78 is 15.7. The summed E-state index contributed by atoms with van der Waals surface area (Å²) >= 11 is 0. The zero-order valence-corrected chi connectivity index (χ0v) is 17.5. The van der Waals surface area contributed by atoms with Crippen LogP contribution in [-0.2, 0) is 18.6 Å². The van der Waals surface area contributed by atoms with E-state index in [1.54, 1.807) is 12.1 Å². The molecule has 1 aromatic heterocycles. The Bertz CT molecular complexity index is 1070. The third kappa shape index (κ3) is 2.92. The molecule has 3 atom stereocenters. The molecule has 1 N–H and O–H groups in total. The van der Waals surface area contributed by atoms with Crippen LogP contribution in [0.15, 0.2) is 42.5 Å². The van der Waals surface area contributed by atoms with Crippen LogP contribution in [0.4, 0.5) is 4.39 Å². The highest BCUT2D eigenvalue weighted by atomic mass is 19.1. The Morgan fingerprint density at radius 1 is 1.14 bits per heavy atom. The number of rotatable bonds is 4. The molecular formula is C25H29FN2O. The number of benzene rings is 2. The lowest BCUT2D eigenvalue weighted by molar-refractivity contribution is 0.0380. The fourth-order valence-corrected chi connectivity index (χ4v) is 5.70. The molecule has 0 amide bonds. The SMILES string of the molecule is CCN1C2CCC1c1c(n(CC(C)(O)c3ccc(F)cc3)c3ccc(C)cc13)C2. The van der Waals surface area contributed by atoms with Crippen LogP contribution < -0.4 is 0 Å². The van der Waals surface area contributed by atoms with Gasteiger partial charge in [0.25, 0.3) is 0 Å². The first-order valence-electron chi connectivity index (χ1n) is 10.7. The van der Waals surface area contributed by atoms with E-state index in [0.717, 1.165) is 18.5 Å². The van der Waals surface area contributed by atoms with Crippen LogP contribution in [0.3, 0.4) is 0 Å². The lowest BCUT2D eigenvalue weighted by Gasteiger charge is -2.35. The van der Waals surface area contributed by atoms with Gasteiger partial charge in [-0.15, -0.1) is 0 Å². The first-order chi connectivity index (χ1) is 13.9. The molecule has 1 saturated heterocycles. The molecule has 3 nitrogen and oxygen atoms in total. The minimum absolute atomic E-state index is 0.278. The van der Waals surface area contributed by atoms with Crippen molar-refractivity contribution in [3.63, 3.8) is 0 Å². The van der Waals surface area contributed by atoms with Gasteiger partial charge in [0, 0.05) is 35.1 Å². The summed E-state index contributed by atoms with van der Waals surface area (Å²) in [4.78, 5) is 2.66. The predicted molar refractivity (Wildman–Crippen MR) is 114 cm³/mol. The van der Waals surface area contributed by atoms with Gasteiger partial charge < -0.3 is 9.67 Å². The highest BCUT2D eigenvalue weighted by Gasteiger charge is 2.42. The lowest BCUT2D eigenvalue weighted by atomic mass is 9.94. The van der Waals surface area contributed by atoms with E-state index in [-0.39, 0.29) is 5.82 Å². The van der Waals surface area contributed by atoms with Crippen LogP contribution in [0.5, 0.6) is 0 Å². The minimum atomic E-state index is -1.07. The molecule has 2 aliphatic heterocycles. The fourth-order valence-electron chi connectivity index (χ4n) is 5.70. The highest BCUT2D eigenvalue weighted by Crippen LogP contribution is 2.48. The van der Waals surface area contributed by atoms with Crippen molar-refractivity contribution in [3.05, 3.63) is 70.7 Å². The normalized spacial score (nSPS) is 23.3. The summed E-state index contributed by atoms with van der Waals surface area (Å²) in [6.07, 6.45) is 3.49. The van der Waals surface area contributed by atoms with Crippen molar-refractivity contribution in [2.75, 3.05) is 6.54 Å². The van der Waals surface area contributed by atoms with E-state index in [1.165, 1.54) is 52.7 Å². The number of likely N-dealkylation sites (N-methyl/N-ethyl adjacent to an activating group) is 1. The van der Waals surface area contributed by atoms with Crippen molar-refractivity contribution in [2.24, 2.45) is 0 Å². The molecule has 5 rings (SSSR count). The maximum Gasteiger partial charge on any atom is 0.123 e. The van der Waals surface area contributed by atoms with E-state index in [0.29, 0.717) is 18.6 Å². The molecule has 3 heterocycles. The number of fused-ring (bicyclic) bond motifs is 6. The Hall–Kier alpha value is -2.17. The topological polar surface area (TPSA) is 28.4 Å². The van der Waals surface area contributed by atoms with Crippen LogP contribution in [-0.4, -0.2) is 27.2 Å². The summed E-state index contributed by atoms with van der Waals surface area (Å²) in [5.41, 5.74) is 4.99. The zero-order chi connectivity index (χ0) is 20.3. The zero-order valence-electron chi connectivity index (χ0n) is 17.5. The van der Waals surface area contributed by atoms with Crippen LogP contribution in [0.25, 0.3) is 10.9 Å². The monoisotopic (exact) mass is 392 g/mol. The van der Waals surface area contributed by atoms with Gasteiger partial charge in [0.2, 0.25) is 0 Å². The van der Waals surface area contributed by atoms with Gasteiger partial charge in [-0.2, -0.15) is 0 Å². The Morgan fingerprint density at radius 2 is 1.90 bits per heavy atom. The smallest absolute Gasteiger partial charge is 0.123 e. The molecule has 0 saturated carbocycles. The minimum Gasteiger partial charge on any atom is -0.384 e. The van der Waals surface area contributed by atoms with Gasteiger partial charge >= 0.3 is 0 Å². The maximum absolute atomic E-state index is 13.4. The van der Waals surface area contributed by atoms with Gasteiger partial charge in [-0.25, -0.2) is 4.39 Å². The van der Waals surface area contributed by atoms with E-state index in [9.17, 15) is 9.50 Å². The van der Waals surface area contributed by atoms with E-state index in [2.05, 4.69) is 41.5 Å². The molecule has 0 spiro atoms. The molecule has 1 fully saturated rings. The second-order valence-electron chi connectivity index (χ2n) is 9.03. The van der Waals surface area contributed by atoms with E-state index < -0.39 is 5.60 Å². The van der Waals surface area contributed by atoms with Crippen LogP contribution in [0.2, 0.25) is 0 Å². The molecule has 3 aromatic rings. The van der Waals surface area contributed by atoms with Crippen molar-refractivity contribution >= 4 is 10.9 Å². The standard InChI is InChI=1S/C25H29FN2O/c1-4-27-19-10-12-22(27)24-20-13-16(2)5-11-21(20)28(23(24)14-19)15-25(3,29)17-6-8-18(26)9-7-17/h5-9,11,13,19,22,29H,4,10,12,14-15H2,1-3H3. The summed E-state index contributed by atoms with van der Waals surface area (Å²) in [6, 6.07) is 14.0. The molecule has 29 heavy (non-hydrogen) atoms. The number of hydrogen-bond donors (Lipinski definition) is 1. The number of nitrogens with zero attached hydrogens (tertiary/aromatic N) is 2. The molecule has 0 radical (unpaired) electrons.